The number of halogens is 1. The van der Waals surface area contributed by atoms with Crippen LogP contribution in [0.4, 0.5) is 0 Å². The number of nitrogens with zero attached hydrogens (tertiary/aromatic N) is 2. The lowest BCUT2D eigenvalue weighted by Gasteiger charge is -2.09. The van der Waals surface area contributed by atoms with E-state index in [1.165, 1.54) is 3.97 Å². The minimum absolute atomic E-state index is 0.244. The van der Waals surface area contributed by atoms with Crippen molar-refractivity contribution in [1.29, 1.82) is 0 Å². The number of pyridine rings is 1. The third-order valence-corrected chi connectivity index (χ3v) is 7.39. The van der Waals surface area contributed by atoms with Crippen LogP contribution in [0.15, 0.2) is 65.8 Å². The van der Waals surface area contributed by atoms with E-state index >= 15 is 0 Å². The van der Waals surface area contributed by atoms with Gasteiger partial charge in [-0.05, 0) is 77.9 Å². The van der Waals surface area contributed by atoms with Crippen molar-refractivity contribution in [3.8, 4) is 16.9 Å². The average molecular weight is 518 g/mol. The van der Waals surface area contributed by atoms with Gasteiger partial charge in [-0.1, -0.05) is 23.8 Å². The van der Waals surface area contributed by atoms with E-state index in [2.05, 4.69) is 27.6 Å². The molecule has 0 radical (unpaired) electrons. The summed E-state index contributed by atoms with van der Waals surface area (Å²) in [5.41, 5.74) is 4.38. The average Bonchev–Trinajstić information content (AvgIpc) is 3.05. The fourth-order valence-corrected chi connectivity index (χ4v) is 5.45. The summed E-state index contributed by atoms with van der Waals surface area (Å²) in [5, 5.41) is 0.798. The molecule has 0 atom stereocenters. The van der Waals surface area contributed by atoms with Crippen LogP contribution >= 0.6 is 22.6 Å². The summed E-state index contributed by atoms with van der Waals surface area (Å²) in [6, 6.07) is 14.7. The van der Waals surface area contributed by atoms with Crippen LogP contribution in [0.5, 0.6) is 5.75 Å². The summed E-state index contributed by atoms with van der Waals surface area (Å²) in [4.78, 5) is 4.75. The van der Waals surface area contributed by atoms with E-state index in [0.29, 0.717) is 5.65 Å². The van der Waals surface area contributed by atoms with Crippen LogP contribution in [0.1, 0.15) is 11.1 Å². The highest BCUT2D eigenvalue weighted by molar-refractivity contribution is 14.1. The molecule has 0 spiro atoms. The third kappa shape index (κ3) is 3.53. The van der Waals surface area contributed by atoms with E-state index in [1.807, 2.05) is 38.1 Å². The molecule has 0 saturated heterocycles. The van der Waals surface area contributed by atoms with Gasteiger partial charge in [-0.15, -0.1) is 0 Å². The fraction of sp³-hybridized carbons (Fsp3) is 0.136. The van der Waals surface area contributed by atoms with Gasteiger partial charge in [0.2, 0.25) is 0 Å². The molecular weight excluding hydrogens is 499 g/mol. The first-order chi connectivity index (χ1) is 13.8. The van der Waals surface area contributed by atoms with Crippen molar-refractivity contribution in [3.05, 3.63) is 75.6 Å². The Labute approximate surface area is 183 Å². The third-order valence-electron chi connectivity index (χ3n) is 4.87. The summed E-state index contributed by atoms with van der Waals surface area (Å²) in [6.45, 7) is 3.91. The monoisotopic (exact) mass is 518 g/mol. The van der Waals surface area contributed by atoms with Gasteiger partial charge in [0.25, 0.3) is 10.0 Å². The van der Waals surface area contributed by atoms with Crippen LogP contribution in [0.3, 0.4) is 0 Å². The first-order valence-corrected chi connectivity index (χ1v) is 11.5. The van der Waals surface area contributed by atoms with Gasteiger partial charge in [-0.2, -0.15) is 0 Å². The second-order valence-corrected chi connectivity index (χ2v) is 9.85. The van der Waals surface area contributed by atoms with Crippen molar-refractivity contribution in [2.45, 2.75) is 18.7 Å². The van der Waals surface area contributed by atoms with Gasteiger partial charge in [-0.25, -0.2) is 17.4 Å². The van der Waals surface area contributed by atoms with Gasteiger partial charge >= 0.3 is 0 Å². The van der Waals surface area contributed by atoms with Crippen LogP contribution in [0.25, 0.3) is 22.2 Å². The van der Waals surface area contributed by atoms with Gasteiger partial charge < -0.3 is 4.74 Å². The molecule has 5 nitrogen and oxygen atoms in total. The highest BCUT2D eigenvalue weighted by Crippen LogP contribution is 2.31. The van der Waals surface area contributed by atoms with E-state index in [9.17, 15) is 8.42 Å². The van der Waals surface area contributed by atoms with Crippen molar-refractivity contribution in [2.75, 3.05) is 7.11 Å². The van der Waals surface area contributed by atoms with E-state index in [-0.39, 0.29) is 4.90 Å². The minimum atomic E-state index is -3.72. The van der Waals surface area contributed by atoms with Gasteiger partial charge in [0.15, 0.2) is 5.65 Å². The first kappa shape index (κ1) is 19.9. The SMILES string of the molecule is COc1ccc(-c2cnc3c(c2)c(I)cn3S(=O)(=O)c2ccc(C)cc2)cc1C. The number of aryl methyl sites for hydroxylation is 2. The molecule has 0 unspecified atom stereocenters. The molecule has 4 rings (SSSR count). The molecule has 148 valence electrons. The Kier molecular flexibility index (Phi) is 5.12. The number of hydrogen-bond acceptors (Lipinski definition) is 4. The summed E-state index contributed by atoms with van der Waals surface area (Å²) >= 11 is 2.15. The smallest absolute Gasteiger partial charge is 0.269 e. The Bertz CT molecular complexity index is 1330. The Morgan fingerprint density at radius 1 is 1.00 bits per heavy atom. The minimum Gasteiger partial charge on any atom is -0.496 e. The van der Waals surface area contributed by atoms with Crippen molar-refractivity contribution in [2.24, 2.45) is 0 Å². The molecular formula is C22H19IN2O3S. The molecule has 4 aromatic rings. The van der Waals surface area contributed by atoms with Gasteiger partial charge in [0.1, 0.15) is 5.75 Å². The van der Waals surface area contributed by atoms with Gasteiger partial charge in [0, 0.05) is 26.9 Å². The molecule has 2 aromatic carbocycles. The summed E-state index contributed by atoms with van der Waals surface area (Å²) in [7, 11) is -2.07. The predicted octanol–water partition coefficient (Wildman–Crippen LogP) is 5.17. The van der Waals surface area contributed by atoms with Crippen molar-refractivity contribution < 1.29 is 13.2 Å². The standard InChI is InChI=1S/C22H19IN2O3S/c1-14-4-7-18(8-5-14)29(26,27)25-13-20(23)19-11-17(12-24-22(19)25)16-6-9-21(28-3)15(2)10-16/h4-13H,1-3H3. The Morgan fingerprint density at radius 2 is 1.72 bits per heavy atom. The molecule has 0 bridgehead atoms. The molecule has 0 aliphatic carbocycles. The molecule has 7 heteroatoms. The van der Waals surface area contributed by atoms with Crippen LogP contribution in [-0.2, 0) is 10.0 Å². The Hall–Kier alpha value is -2.39. The maximum atomic E-state index is 13.1. The molecule has 2 heterocycles. The zero-order chi connectivity index (χ0) is 20.8. The second-order valence-electron chi connectivity index (χ2n) is 6.87. The molecule has 0 fully saturated rings. The zero-order valence-electron chi connectivity index (χ0n) is 16.2. The Morgan fingerprint density at radius 3 is 2.38 bits per heavy atom. The van der Waals surface area contributed by atoms with Crippen LogP contribution in [0, 0.1) is 17.4 Å². The summed E-state index contributed by atoms with van der Waals surface area (Å²) < 4.78 is 33.7. The number of benzene rings is 2. The molecule has 0 N–H and O–H groups in total. The summed E-state index contributed by atoms with van der Waals surface area (Å²) in [6.07, 6.45) is 3.33. The maximum absolute atomic E-state index is 13.1. The van der Waals surface area contributed by atoms with Crippen molar-refractivity contribution >= 4 is 43.6 Å². The second kappa shape index (κ2) is 7.46. The molecule has 2 aromatic heterocycles. The number of aromatic nitrogens is 2. The highest BCUT2D eigenvalue weighted by Gasteiger charge is 2.22. The molecule has 0 saturated carbocycles. The Balaban J connectivity index is 1.84. The lowest BCUT2D eigenvalue weighted by molar-refractivity contribution is 0.412. The van der Waals surface area contributed by atoms with Gasteiger partial charge in [-0.3, -0.25) is 0 Å². The van der Waals surface area contributed by atoms with E-state index in [4.69, 9.17) is 4.74 Å². The van der Waals surface area contributed by atoms with Crippen LogP contribution in [0.2, 0.25) is 0 Å². The largest absolute Gasteiger partial charge is 0.496 e. The highest BCUT2D eigenvalue weighted by atomic mass is 127. The topological polar surface area (TPSA) is 61.2 Å². The van der Waals surface area contributed by atoms with E-state index in [0.717, 1.165) is 37.0 Å². The molecule has 29 heavy (non-hydrogen) atoms. The van der Waals surface area contributed by atoms with E-state index < -0.39 is 10.0 Å². The molecule has 0 amide bonds. The van der Waals surface area contributed by atoms with Crippen LogP contribution < -0.4 is 4.74 Å². The number of hydrogen-bond donors (Lipinski definition) is 0. The van der Waals surface area contributed by atoms with Crippen molar-refractivity contribution in [1.82, 2.24) is 8.96 Å². The number of rotatable bonds is 4. The van der Waals surface area contributed by atoms with E-state index in [1.54, 1.807) is 43.8 Å². The lowest BCUT2D eigenvalue weighted by Crippen LogP contribution is -2.12. The summed E-state index contributed by atoms with van der Waals surface area (Å²) in [5.74, 6) is 0.827. The predicted molar refractivity (Wildman–Crippen MR) is 123 cm³/mol. The first-order valence-electron chi connectivity index (χ1n) is 8.95. The normalized spacial score (nSPS) is 11.7. The fourth-order valence-electron chi connectivity index (χ4n) is 3.27. The molecule has 0 aliphatic rings. The number of methoxy groups -OCH3 is 1. The zero-order valence-corrected chi connectivity index (χ0v) is 19.2. The van der Waals surface area contributed by atoms with Crippen LogP contribution in [-0.4, -0.2) is 24.5 Å². The quantitative estimate of drug-likeness (QED) is 0.350. The van der Waals surface area contributed by atoms with Gasteiger partial charge in [0.05, 0.1) is 12.0 Å². The number of fused-ring (bicyclic) bond motifs is 1. The maximum Gasteiger partial charge on any atom is 0.269 e. The molecule has 0 aliphatic heterocycles. The van der Waals surface area contributed by atoms with Crippen molar-refractivity contribution in [3.63, 3.8) is 0 Å². The number of ether oxygens (including phenoxy) is 1. The lowest BCUT2D eigenvalue weighted by atomic mass is 10.0.